The Kier molecular flexibility index (Phi) is 4.31. The van der Waals surface area contributed by atoms with Gasteiger partial charge in [-0.3, -0.25) is 4.79 Å². The highest BCUT2D eigenvalue weighted by Gasteiger charge is 2.08. The molecule has 1 rings (SSSR count). The second kappa shape index (κ2) is 5.51. The van der Waals surface area contributed by atoms with Crippen LogP contribution in [0.2, 0.25) is 0 Å². The van der Waals surface area contributed by atoms with Gasteiger partial charge in [0, 0.05) is 6.04 Å². The van der Waals surface area contributed by atoms with Crippen LogP contribution in [0, 0.1) is 6.92 Å². The molecule has 0 bridgehead atoms. The van der Waals surface area contributed by atoms with E-state index in [-0.39, 0.29) is 12.5 Å². The zero-order chi connectivity index (χ0) is 11.3. The minimum atomic E-state index is -0.827. The third kappa shape index (κ3) is 4.13. The predicted octanol–water partition coefficient (Wildman–Crippen LogP) is 1.73. The Hall–Kier alpha value is -1.35. The number of aliphatic carboxylic acids is 1. The fourth-order valence-electron chi connectivity index (χ4n) is 1.56. The van der Waals surface area contributed by atoms with Crippen LogP contribution in [0.25, 0.3) is 0 Å². The van der Waals surface area contributed by atoms with Gasteiger partial charge in [0.25, 0.3) is 0 Å². The van der Waals surface area contributed by atoms with Crippen LogP contribution in [0.3, 0.4) is 0 Å². The van der Waals surface area contributed by atoms with E-state index in [0.29, 0.717) is 0 Å². The zero-order valence-corrected chi connectivity index (χ0v) is 8.94. The van der Waals surface area contributed by atoms with E-state index >= 15 is 0 Å². The molecule has 3 nitrogen and oxygen atoms in total. The van der Waals surface area contributed by atoms with Crippen molar-refractivity contribution in [3.8, 4) is 0 Å². The molecule has 1 unspecified atom stereocenters. The average Bonchev–Trinajstić information content (AvgIpc) is 2.15. The largest absolute Gasteiger partial charge is 0.481 e. The third-order valence-corrected chi connectivity index (χ3v) is 2.48. The number of benzene rings is 1. The van der Waals surface area contributed by atoms with E-state index in [2.05, 4.69) is 19.1 Å². The van der Waals surface area contributed by atoms with Crippen LogP contribution in [0.1, 0.15) is 24.0 Å². The molecule has 1 atom stereocenters. The zero-order valence-electron chi connectivity index (χ0n) is 8.94. The molecule has 15 heavy (non-hydrogen) atoms. The summed E-state index contributed by atoms with van der Waals surface area (Å²) >= 11 is 0. The Morgan fingerprint density at radius 2 is 2.13 bits per heavy atom. The smallest absolute Gasteiger partial charge is 0.304 e. The van der Waals surface area contributed by atoms with Crippen LogP contribution in [0.4, 0.5) is 0 Å². The molecule has 0 radical (unpaired) electrons. The van der Waals surface area contributed by atoms with Gasteiger partial charge >= 0.3 is 5.97 Å². The Bertz CT molecular complexity index is 336. The van der Waals surface area contributed by atoms with E-state index < -0.39 is 5.97 Å². The highest BCUT2D eigenvalue weighted by molar-refractivity contribution is 5.67. The van der Waals surface area contributed by atoms with E-state index in [4.69, 9.17) is 10.8 Å². The molecule has 0 amide bonds. The minimum absolute atomic E-state index is 0.0475. The van der Waals surface area contributed by atoms with Crippen molar-refractivity contribution < 1.29 is 9.90 Å². The molecular formula is C12H17NO2. The molecule has 0 aromatic heterocycles. The van der Waals surface area contributed by atoms with E-state index in [1.54, 1.807) is 0 Å². The van der Waals surface area contributed by atoms with Crippen LogP contribution < -0.4 is 5.73 Å². The standard InChI is InChI=1S/C12H17NO2/c1-9-4-2-3-5-10(9)6-7-11(13)8-12(14)15/h2-5,11H,6-8,13H2,1H3,(H,14,15). The van der Waals surface area contributed by atoms with Crippen molar-refractivity contribution in [2.24, 2.45) is 5.73 Å². The first-order valence-corrected chi connectivity index (χ1v) is 5.11. The van der Waals surface area contributed by atoms with Gasteiger partial charge in [0.1, 0.15) is 0 Å². The lowest BCUT2D eigenvalue weighted by Crippen LogP contribution is -2.24. The van der Waals surface area contributed by atoms with Gasteiger partial charge in [-0.2, -0.15) is 0 Å². The van der Waals surface area contributed by atoms with Crippen LogP contribution in [-0.2, 0) is 11.2 Å². The maximum Gasteiger partial charge on any atom is 0.304 e. The van der Waals surface area contributed by atoms with Gasteiger partial charge < -0.3 is 10.8 Å². The summed E-state index contributed by atoms with van der Waals surface area (Å²) in [4.78, 5) is 10.4. The molecule has 1 aromatic rings. The van der Waals surface area contributed by atoms with Crippen molar-refractivity contribution in [1.29, 1.82) is 0 Å². The predicted molar refractivity (Wildman–Crippen MR) is 59.7 cm³/mol. The molecule has 0 saturated heterocycles. The second-order valence-corrected chi connectivity index (χ2v) is 3.82. The summed E-state index contributed by atoms with van der Waals surface area (Å²) in [5.74, 6) is -0.827. The van der Waals surface area contributed by atoms with Crippen molar-refractivity contribution in [1.82, 2.24) is 0 Å². The van der Waals surface area contributed by atoms with Crippen molar-refractivity contribution in [3.63, 3.8) is 0 Å². The summed E-state index contributed by atoms with van der Waals surface area (Å²) in [5, 5.41) is 8.56. The lowest BCUT2D eigenvalue weighted by molar-refractivity contribution is -0.137. The van der Waals surface area contributed by atoms with Crippen molar-refractivity contribution >= 4 is 5.97 Å². The Balaban J connectivity index is 2.43. The third-order valence-electron chi connectivity index (χ3n) is 2.48. The first-order chi connectivity index (χ1) is 7.09. The van der Waals surface area contributed by atoms with E-state index in [9.17, 15) is 4.79 Å². The van der Waals surface area contributed by atoms with Crippen molar-refractivity contribution in [3.05, 3.63) is 35.4 Å². The van der Waals surface area contributed by atoms with Crippen LogP contribution in [0.5, 0.6) is 0 Å². The normalized spacial score (nSPS) is 12.4. The number of aryl methyl sites for hydroxylation is 2. The average molecular weight is 207 g/mol. The molecule has 0 aliphatic carbocycles. The molecule has 0 fully saturated rings. The van der Waals surface area contributed by atoms with Crippen LogP contribution in [-0.4, -0.2) is 17.1 Å². The molecule has 0 saturated carbocycles. The Morgan fingerprint density at radius 1 is 1.47 bits per heavy atom. The molecular weight excluding hydrogens is 190 g/mol. The Morgan fingerprint density at radius 3 is 2.73 bits per heavy atom. The SMILES string of the molecule is Cc1ccccc1CCC(N)CC(=O)O. The van der Waals surface area contributed by atoms with E-state index in [0.717, 1.165) is 12.8 Å². The quantitative estimate of drug-likeness (QED) is 0.772. The van der Waals surface area contributed by atoms with Gasteiger partial charge in [0.05, 0.1) is 6.42 Å². The van der Waals surface area contributed by atoms with Gasteiger partial charge in [-0.1, -0.05) is 24.3 Å². The van der Waals surface area contributed by atoms with Crippen molar-refractivity contribution in [2.45, 2.75) is 32.2 Å². The summed E-state index contributed by atoms with van der Waals surface area (Å²) in [6.07, 6.45) is 1.62. The van der Waals surface area contributed by atoms with Gasteiger partial charge in [-0.05, 0) is 30.9 Å². The first kappa shape index (κ1) is 11.7. The highest BCUT2D eigenvalue weighted by Crippen LogP contribution is 2.11. The van der Waals surface area contributed by atoms with Gasteiger partial charge in [-0.25, -0.2) is 0 Å². The fraction of sp³-hybridized carbons (Fsp3) is 0.417. The maximum absolute atomic E-state index is 10.4. The number of hydrogen-bond acceptors (Lipinski definition) is 2. The number of nitrogens with two attached hydrogens (primary N) is 1. The number of carboxylic acid groups (broad SMARTS) is 1. The van der Waals surface area contributed by atoms with Gasteiger partial charge in [-0.15, -0.1) is 0 Å². The van der Waals surface area contributed by atoms with Crippen molar-refractivity contribution in [2.75, 3.05) is 0 Å². The number of carboxylic acids is 1. The molecule has 0 aliphatic heterocycles. The summed E-state index contributed by atoms with van der Waals surface area (Å²) in [6.45, 7) is 2.05. The van der Waals surface area contributed by atoms with Crippen LogP contribution in [0.15, 0.2) is 24.3 Å². The lowest BCUT2D eigenvalue weighted by atomic mass is 10.0. The topological polar surface area (TPSA) is 63.3 Å². The molecule has 0 spiro atoms. The minimum Gasteiger partial charge on any atom is -0.481 e. The molecule has 3 N–H and O–H groups in total. The molecule has 3 heteroatoms. The van der Waals surface area contributed by atoms with Crippen LogP contribution >= 0.6 is 0 Å². The van der Waals surface area contributed by atoms with E-state index in [1.807, 2.05) is 12.1 Å². The molecule has 0 heterocycles. The summed E-state index contributed by atoms with van der Waals surface area (Å²) < 4.78 is 0. The second-order valence-electron chi connectivity index (χ2n) is 3.82. The summed E-state index contributed by atoms with van der Waals surface area (Å²) in [7, 11) is 0. The fourth-order valence-corrected chi connectivity index (χ4v) is 1.56. The Labute approximate surface area is 89.9 Å². The monoisotopic (exact) mass is 207 g/mol. The van der Waals surface area contributed by atoms with Gasteiger partial charge in [0.2, 0.25) is 0 Å². The lowest BCUT2D eigenvalue weighted by Gasteiger charge is -2.10. The molecule has 1 aromatic carbocycles. The first-order valence-electron chi connectivity index (χ1n) is 5.11. The van der Waals surface area contributed by atoms with E-state index in [1.165, 1.54) is 11.1 Å². The molecule has 0 aliphatic rings. The summed E-state index contributed by atoms with van der Waals surface area (Å²) in [6, 6.07) is 7.85. The number of carbonyl (C=O) groups is 1. The number of rotatable bonds is 5. The molecule has 82 valence electrons. The van der Waals surface area contributed by atoms with Gasteiger partial charge in [0.15, 0.2) is 0 Å². The summed E-state index contributed by atoms with van der Waals surface area (Å²) in [5.41, 5.74) is 8.18. The maximum atomic E-state index is 10.4. The number of hydrogen-bond donors (Lipinski definition) is 2. The highest BCUT2D eigenvalue weighted by atomic mass is 16.4.